The minimum atomic E-state index is 0.139. The van der Waals surface area contributed by atoms with Gasteiger partial charge >= 0.3 is 0 Å². The molecule has 0 radical (unpaired) electrons. The summed E-state index contributed by atoms with van der Waals surface area (Å²) in [5.74, 6) is 2.05. The Morgan fingerprint density at radius 3 is 1.33 bits per heavy atom. The molecular formula is C18H26O6S3. The van der Waals surface area contributed by atoms with Crippen molar-refractivity contribution in [3.63, 3.8) is 0 Å². The topological polar surface area (TPSA) is 55.4 Å². The van der Waals surface area contributed by atoms with Gasteiger partial charge in [0.15, 0.2) is 0 Å². The lowest BCUT2D eigenvalue weighted by Gasteiger charge is -2.36. The highest BCUT2D eigenvalue weighted by molar-refractivity contribution is 8.06. The monoisotopic (exact) mass is 434 g/mol. The second-order valence-electron chi connectivity index (χ2n) is 7.82. The molecule has 27 heavy (non-hydrogen) atoms. The molecule has 6 heterocycles. The summed E-state index contributed by atoms with van der Waals surface area (Å²) in [5, 5.41) is 1.58. The molecule has 10 atom stereocenters. The van der Waals surface area contributed by atoms with Crippen LogP contribution in [0.25, 0.3) is 0 Å². The third kappa shape index (κ3) is 3.20. The van der Waals surface area contributed by atoms with E-state index < -0.39 is 0 Å². The Balaban J connectivity index is 1.24. The van der Waals surface area contributed by atoms with Crippen molar-refractivity contribution in [1.82, 2.24) is 0 Å². The zero-order valence-corrected chi connectivity index (χ0v) is 17.6. The lowest BCUT2D eigenvalue weighted by Crippen LogP contribution is -2.52. The van der Waals surface area contributed by atoms with Crippen LogP contribution in [0, 0.1) is 0 Å². The summed E-state index contributed by atoms with van der Waals surface area (Å²) >= 11 is 6.06. The highest BCUT2D eigenvalue weighted by Gasteiger charge is 2.59. The zero-order chi connectivity index (χ0) is 17.8. The second-order valence-corrected chi connectivity index (χ2v) is 11.6. The average Bonchev–Trinajstić information content (AvgIpc) is 3.42. The third-order valence-electron chi connectivity index (χ3n) is 6.37. The Bertz CT molecular complexity index is 509. The predicted molar refractivity (Wildman–Crippen MR) is 106 cm³/mol. The minimum Gasteiger partial charge on any atom is -0.372 e. The molecule has 0 spiro atoms. The van der Waals surface area contributed by atoms with E-state index >= 15 is 0 Å². The van der Waals surface area contributed by atoms with Crippen molar-refractivity contribution in [1.29, 1.82) is 0 Å². The molecular weight excluding hydrogens is 408 g/mol. The summed E-state index contributed by atoms with van der Waals surface area (Å²) < 4.78 is 36.8. The highest BCUT2D eigenvalue weighted by atomic mass is 32.2. The molecule has 0 bridgehead atoms. The number of thioether (sulfide) groups is 3. The molecule has 9 heteroatoms. The van der Waals surface area contributed by atoms with E-state index in [2.05, 4.69) is 11.8 Å². The molecule has 6 aliphatic rings. The number of hydrogen-bond donors (Lipinski definition) is 0. The van der Waals surface area contributed by atoms with Crippen LogP contribution < -0.4 is 0 Å². The summed E-state index contributed by atoms with van der Waals surface area (Å²) in [6.07, 6.45) is 1.11. The van der Waals surface area contributed by atoms with Crippen LogP contribution in [0.1, 0.15) is 0 Å². The van der Waals surface area contributed by atoms with Crippen LogP contribution in [-0.2, 0) is 28.4 Å². The third-order valence-corrected chi connectivity index (χ3v) is 11.4. The molecule has 0 amide bonds. The number of hydrogen-bond acceptors (Lipinski definition) is 9. The molecule has 10 unspecified atom stereocenters. The molecule has 6 aliphatic heterocycles. The zero-order valence-electron chi connectivity index (χ0n) is 15.1. The first-order chi connectivity index (χ1) is 13.4. The fraction of sp³-hybridized carbons (Fsp3) is 1.00. The lowest BCUT2D eigenvalue weighted by molar-refractivity contribution is -0.153. The van der Waals surface area contributed by atoms with Crippen molar-refractivity contribution in [3.05, 3.63) is 0 Å². The van der Waals surface area contributed by atoms with E-state index in [1.807, 2.05) is 23.5 Å². The van der Waals surface area contributed by atoms with E-state index in [4.69, 9.17) is 28.4 Å². The lowest BCUT2D eigenvalue weighted by atomic mass is 9.96. The van der Waals surface area contributed by atoms with Crippen molar-refractivity contribution in [2.24, 2.45) is 0 Å². The normalized spacial score (nSPS) is 55.1. The van der Waals surface area contributed by atoms with Crippen LogP contribution in [0.2, 0.25) is 0 Å². The van der Waals surface area contributed by atoms with Gasteiger partial charge in [-0.1, -0.05) is 0 Å². The number of ether oxygens (including phenoxy) is 6. The number of rotatable bonds is 2. The molecule has 0 saturated carbocycles. The van der Waals surface area contributed by atoms with Gasteiger partial charge in [-0.05, 0) is 0 Å². The van der Waals surface area contributed by atoms with Crippen molar-refractivity contribution >= 4 is 35.3 Å². The van der Waals surface area contributed by atoms with Gasteiger partial charge in [0.25, 0.3) is 0 Å². The average molecular weight is 435 g/mol. The van der Waals surface area contributed by atoms with Crippen LogP contribution in [0.3, 0.4) is 0 Å². The fourth-order valence-corrected chi connectivity index (χ4v) is 10.8. The van der Waals surface area contributed by atoms with Crippen LogP contribution in [0.5, 0.6) is 0 Å². The molecule has 152 valence electrons. The Kier molecular flexibility index (Phi) is 5.37. The Hall–Kier alpha value is 0.810. The van der Waals surface area contributed by atoms with Gasteiger partial charge in [-0.15, -0.1) is 11.8 Å². The quantitative estimate of drug-likeness (QED) is 0.635. The summed E-state index contributed by atoms with van der Waals surface area (Å²) in [4.78, 5) is 0. The maximum Gasteiger partial charge on any atom is 0.0979 e. The molecule has 6 rings (SSSR count). The van der Waals surface area contributed by atoms with Crippen molar-refractivity contribution in [3.8, 4) is 0 Å². The van der Waals surface area contributed by atoms with Crippen molar-refractivity contribution < 1.29 is 28.4 Å². The largest absolute Gasteiger partial charge is 0.372 e. The molecule has 0 aromatic heterocycles. The molecule has 0 aromatic carbocycles. The first-order valence-electron chi connectivity index (χ1n) is 9.98. The standard InChI is InChI=1S/C18H26O6S3/c1-3-21-11-9(19-1)7-25-15(11)17-13-14(24-6-5-23-13)18(27-17)16-12-10(8-26-16)20-2-4-22-12/h9-18H,1-8H2. The van der Waals surface area contributed by atoms with Gasteiger partial charge in [-0.3, -0.25) is 0 Å². The highest BCUT2D eigenvalue weighted by Crippen LogP contribution is 2.53. The number of fused-ring (bicyclic) bond motifs is 3. The van der Waals surface area contributed by atoms with Gasteiger partial charge in [0.2, 0.25) is 0 Å². The Labute approximate surface area is 172 Å². The maximum absolute atomic E-state index is 6.30. The van der Waals surface area contributed by atoms with Crippen LogP contribution in [0.15, 0.2) is 0 Å². The van der Waals surface area contributed by atoms with Gasteiger partial charge in [0, 0.05) is 32.5 Å². The summed E-state index contributed by atoms with van der Waals surface area (Å²) in [6, 6.07) is 0. The van der Waals surface area contributed by atoms with E-state index in [9.17, 15) is 0 Å². The van der Waals surface area contributed by atoms with Crippen LogP contribution in [0.4, 0.5) is 0 Å². The fourth-order valence-electron chi connectivity index (χ4n) is 5.22. The SMILES string of the molecule is C1COC2C(CSC2C2SC(C3SCC4OCCOC43)C3OCCOC32)O1. The van der Waals surface area contributed by atoms with Gasteiger partial charge in [0.1, 0.15) is 0 Å². The predicted octanol–water partition coefficient (Wildman–Crippen LogP) is 1.05. The summed E-state index contributed by atoms with van der Waals surface area (Å²) in [7, 11) is 0. The van der Waals surface area contributed by atoms with Gasteiger partial charge in [-0.25, -0.2) is 0 Å². The van der Waals surface area contributed by atoms with Crippen molar-refractivity contribution in [2.75, 3.05) is 51.1 Å². The first-order valence-corrected chi connectivity index (χ1v) is 13.0. The van der Waals surface area contributed by atoms with E-state index in [1.54, 1.807) is 0 Å². The van der Waals surface area contributed by atoms with Gasteiger partial charge in [0.05, 0.1) is 76.3 Å². The van der Waals surface area contributed by atoms with Crippen molar-refractivity contribution in [2.45, 2.75) is 57.6 Å². The Morgan fingerprint density at radius 1 is 0.444 bits per heavy atom. The Morgan fingerprint density at radius 2 is 0.852 bits per heavy atom. The van der Waals surface area contributed by atoms with E-state index in [-0.39, 0.29) is 36.6 Å². The summed E-state index contributed by atoms with van der Waals surface area (Å²) in [5.41, 5.74) is 0. The molecule has 6 fully saturated rings. The van der Waals surface area contributed by atoms with E-state index in [1.165, 1.54) is 0 Å². The smallest absolute Gasteiger partial charge is 0.0979 e. The molecule has 6 nitrogen and oxygen atoms in total. The maximum atomic E-state index is 6.30. The molecule has 0 aliphatic carbocycles. The van der Waals surface area contributed by atoms with Gasteiger partial charge < -0.3 is 28.4 Å². The molecule has 6 saturated heterocycles. The first kappa shape index (κ1) is 18.6. The summed E-state index contributed by atoms with van der Waals surface area (Å²) in [6.45, 7) is 4.24. The van der Waals surface area contributed by atoms with E-state index in [0.717, 1.165) is 24.7 Å². The molecule has 0 N–H and O–H groups in total. The van der Waals surface area contributed by atoms with Crippen LogP contribution in [-0.4, -0.2) is 109 Å². The van der Waals surface area contributed by atoms with Crippen LogP contribution >= 0.6 is 35.3 Å². The van der Waals surface area contributed by atoms with E-state index in [0.29, 0.717) is 47.4 Å². The van der Waals surface area contributed by atoms with Gasteiger partial charge in [-0.2, -0.15) is 23.5 Å². The molecule has 0 aromatic rings. The minimum absolute atomic E-state index is 0.139. The second kappa shape index (κ2) is 7.81.